The summed E-state index contributed by atoms with van der Waals surface area (Å²) >= 11 is 0. The zero-order chi connectivity index (χ0) is 20.0. The molecule has 9 heteroatoms. The molecule has 0 radical (unpaired) electrons. The van der Waals surface area contributed by atoms with Crippen molar-refractivity contribution >= 4 is 16.8 Å². The molecule has 0 unspecified atom stereocenters. The number of aromatic amines is 2. The highest BCUT2D eigenvalue weighted by atomic mass is 16.2. The first-order chi connectivity index (χ1) is 14.1. The van der Waals surface area contributed by atoms with E-state index < -0.39 is 11.1 Å². The topological polar surface area (TPSA) is 116 Å². The molecule has 3 N–H and O–H groups in total. The number of benzene rings is 1. The number of carbonyl (C=O) groups excluding carboxylic acids is 1. The number of rotatable bonds is 2. The molecule has 1 amide bonds. The Morgan fingerprint density at radius 1 is 1.14 bits per heavy atom. The summed E-state index contributed by atoms with van der Waals surface area (Å²) in [5.41, 5.74) is 1.56. The van der Waals surface area contributed by atoms with Crippen molar-refractivity contribution < 1.29 is 4.79 Å². The molecule has 2 aliphatic heterocycles. The maximum atomic E-state index is 13.1. The number of nitrogens with one attached hydrogen (secondary N) is 3. The van der Waals surface area contributed by atoms with Crippen molar-refractivity contribution in [1.82, 2.24) is 30.0 Å². The standard InChI is InChI=1S/C20H22N6O3/c27-18-20(29)26-8-7-25(11-17(26)23-24-18)19(28)13-1-2-16-14(9-13)15(10-22-16)12-3-5-21-6-4-12/h1-2,9-10,12,21-22H,3-8,11H2,(H,24,27). The summed E-state index contributed by atoms with van der Waals surface area (Å²) in [5.74, 6) is 0.786. The van der Waals surface area contributed by atoms with E-state index >= 15 is 0 Å². The van der Waals surface area contributed by atoms with Gasteiger partial charge in [0.15, 0.2) is 5.82 Å². The lowest BCUT2D eigenvalue weighted by molar-refractivity contribution is 0.0702. The van der Waals surface area contributed by atoms with Gasteiger partial charge in [-0.2, -0.15) is 5.10 Å². The van der Waals surface area contributed by atoms with E-state index in [-0.39, 0.29) is 19.0 Å². The summed E-state index contributed by atoms with van der Waals surface area (Å²) in [4.78, 5) is 41.5. The average Bonchev–Trinajstić information content (AvgIpc) is 3.19. The first kappa shape index (κ1) is 17.9. The van der Waals surface area contributed by atoms with Gasteiger partial charge in [-0.15, -0.1) is 0 Å². The predicted octanol–water partition coefficient (Wildman–Crippen LogP) is 0.536. The van der Waals surface area contributed by atoms with Crippen LogP contribution in [-0.4, -0.2) is 50.2 Å². The van der Waals surface area contributed by atoms with Crippen molar-refractivity contribution in [2.45, 2.75) is 31.8 Å². The molecular formula is C20H22N6O3. The van der Waals surface area contributed by atoms with Crippen LogP contribution in [0.5, 0.6) is 0 Å². The zero-order valence-electron chi connectivity index (χ0n) is 15.9. The molecule has 0 aliphatic carbocycles. The van der Waals surface area contributed by atoms with E-state index in [1.165, 1.54) is 10.1 Å². The molecule has 0 saturated carbocycles. The SMILES string of the molecule is O=C(c1ccc2[nH]cc(C3CCNCC3)c2c1)N1CCn2c(n[nH]c(=O)c2=O)C1. The van der Waals surface area contributed by atoms with Gasteiger partial charge in [-0.25, -0.2) is 5.10 Å². The fraction of sp³-hybridized carbons (Fsp3) is 0.400. The van der Waals surface area contributed by atoms with Crippen LogP contribution < -0.4 is 16.4 Å². The lowest BCUT2D eigenvalue weighted by Gasteiger charge is -2.28. The Hall–Kier alpha value is -3.20. The van der Waals surface area contributed by atoms with Crippen LogP contribution in [0.2, 0.25) is 0 Å². The summed E-state index contributed by atoms with van der Waals surface area (Å²) in [6, 6.07) is 5.74. The van der Waals surface area contributed by atoms with Crippen LogP contribution in [0.15, 0.2) is 34.0 Å². The summed E-state index contributed by atoms with van der Waals surface area (Å²) in [6.45, 7) is 2.85. The molecule has 1 aromatic carbocycles. The minimum Gasteiger partial charge on any atom is -0.361 e. The van der Waals surface area contributed by atoms with Gasteiger partial charge in [0.05, 0.1) is 6.54 Å². The van der Waals surface area contributed by atoms with Gasteiger partial charge in [-0.1, -0.05) is 0 Å². The zero-order valence-corrected chi connectivity index (χ0v) is 15.9. The molecule has 0 spiro atoms. The molecular weight excluding hydrogens is 372 g/mol. The highest BCUT2D eigenvalue weighted by molar-refractivity contribution is 5.99. The fourth-order valence-corrected chi connectivity index (χ4v) is 4.39. The second-order valence-electron chi connectivity index (χ2n) is 7.68. The smallest absolute Gasteiger partial charge is 0.330 e. The third-order valence-corrected chi connectivity index (χ3v) is 5.99. The maximum Gasteiger partial charge on any atom is 0.330 e. The van der Waals surface area contributed by atoms with Crippen LogP contribution in [-0.2, 0) is 13.1 Å². The Labute approximate surface area is 165 Å². The second-order valence-corrected chi connectivity index (χ2v) is 7.68. The van der Waals surface area contributed by atoms with E-state index in [1.54, 1.807) is 4.90 Å². The molecule has 0 bridgehead atoms. The largest absolute Gasteiger partial charge is 0.361 e. The van der Waals surface area contributed by atoms with E-state index in [0.29, 0.717) is 23.9 Å². The molecule has 1 fully saturated rings. The van der Waals surface area contributed by atoms with Crippen molar-refractivity contribution in [2.75, 3.05) is 19.6 Å². The summed E-state index contributed by atoms with van der Waals surface area (Å²) in [5, 5.41) is 10.6. The van der Waals surface area contributed by atoms with Crippen molar-refractivity contribution in [2.24, 2.45) is 0 Å². The number of fused-ring (bicyclic) bond motifs is 2. The fourth-order valence-electron chi connectivity index (χ4n) is 4.39. The van der Waals surface area contributed by atoms with E-state index in [4.69, 9.17) is 0 Å². The molecule has 5 rings (SSSR count). The summed E-state index contributed by atoms with van der Waals surface area (Å²) in [6.07, 6.45) is 4.25. The Kier molecular flexibility index (Phi) is 4.31. The van der Waals surface area contributed by atoms with Gasteiger partial charge < -0.3 is 15.2 Å². The van der Waals surface area contributed by atoms with Crippen molar-refractivity contribution in [3.8, 4) is 0 Å². The third kappa shape index (κ3) is 3.07. The van der Waals surface area contributed by atoms with E-state index in [2.05, 4.69) is 26.7 Å². The molecule has 2 aromatic heterocycles. The van der Waals surface area contributed by atoms with Gasteiger partial charge in [0.1, 0.15) is 0 Å². The molecule has 3 aromatic rings. The van der Waals surface area contributed by atoms with Gasteiger partial charge in [0.2, 0.25) is 0 Å². The number of carbonyl (C=O) groups is 1. The summed E-state index contributed by atoms with van der Waals surface area (Å²) in [7, 11) is 0. The number of hydrogen-bond donors (Lipinski definition) is 3. The predicted molar refractivity (Wildman–Crippen MR) is 107 cm³/mol. The van der Waals surface area contributed by atoms with Crippen LogP contribution in [0.3, 0.4) is 0 Å². The van der Waals surface area contributed by atoms with Crippen molar-refractivity contribution in [3.63, 3.8) is 0 Å². The van der Waals surface area contributed by atoms with Gasteiger partial charge in [-0.05, 0) is 55.6 Å². The average molecular weight is 394 g/mol. The minimum absolute atomic E-state index is 0.101. The molecule has 4 heterocycles. The molecule has 29 heavy (non-hydrogen) atoms. The maximum absolute atomic E-state index is 13.1. The van der Waals surface area contributed by atoms with Crippen LogP contribution in [0.1, 0.15) is 40.5 Å². The van der Waals surface area contributed by atoms with Crippen LogP contribution in [0.4, 0.5) is 0 Å². The monoisotopic (exact) mass is 394 g/mol. The van der Waals surface area contributed by atoms with E-state index in [9.17, 15) is 14.4 Å². The van der Waals surface area contributed by atoms with E-state index in [0.717, 1.165) is 36.8 Å². The van der Waals surface area contributed by atoms with E-state index in [1.807, 2.05) is 18.2 Å². The van der Waals surface area contributed by atoms with Crippen molar-refractivity contribution in [3.05, 3.63) is 62.1 Å². The van der Waals surface area contributed by atoms with Crippen molar-refractivity contribution in [1.29, 1.82) is 0 Å². The first-order valence-electron chi connectivity index (χ1n) is 9.91. The molecule has 150 valence electrons. The minimum atomic E-state index is -0.739. The quantitative estimate of drug-likeness (QED) is 0.549. The first-order valence-corrected chi connectivity index (χ1v) is 9.91. The Balaban J connectivity index is 1.44. The van der Waals surface area contributed by atoms with Crippen LogP contribution in [0, 0.1) is 0 Å². The lowest BCUT2D eigenvalue weighted by atomic mass is 9.89. The van der Waals surface area contributed by atoms with Gasteiger partial charge in [0.25, 0.3) is 5.91 Å². The Morgan fingerprint density at radius 3 is 2.79 bits per heavy atom. The normalized spacial score (nSPS) is 17.4. The number of piperidine rings is 1. The third-order valence-electron chi connectivity index (χ3n) is 5.99. The Morgan fingerprint density at radius 2 is 1.97 bits per heavy atom. The number of nitrogens with zero attached hydrogens (tertiary/aromatic N) is 3. The molecule has 9 nitrogen and oxygen atoms in total. The molecule has 2 aliphatic rings. The second kappa shape index (κ2) is 7.00. The number of amides is 1. The number of aromatic nitrogens is 4. The number of H-pyrrole nitrogens is 2. The van der Waals surface area contributed by atoms with Gasteiger partial charge in [0, 0.05) is 35.8 Å². The van der Waals surface area contributed by atoms with Crippen LogP contribution >= 0.6 is 0 Å². The highest BCUT2D eigenvalue weighted by Gasteiger charge is 2.25. The lowest BCUT2D eigenvalue weighted by Crippen LogP contribution is -2.47. The van der Waals surface area contributed by atoms with Gasteiger partial charge in [-0.3, -0.25) is 19.0 Å². The number of hydrogen-bond acceptors (Lipinski definition) is 5. The summed E-state index contributed by atoms with van der Waals surface area (Å²) < 4.78 is 1.34. The van der Waals surface area contributed by atoms with Crippen LogP contribution in [0.25, 0.3) is 10.9 Å². The molecule has 0 atom stereocenters. The highest BCUT2D eigenvalue weighted by Crippen LogP contribution is 2.32. The Bertz CT molecular complexity index is 1200. The van der Waals surface area contributed by atoms with Gasteiger partial charge >= 0.3 is 11.1 Å². The molecule has 1 saturated heterocycles.